The summed E-state index contributed by atoms with van der Waals surface area (Å²) < 4.78 is 23.6. The van der Waals surface area contributed by atoms with Gasteiger partial charge in [-0.05, 0) is 38.5 Å². The van der Waals surface area contributed by atoms with Gasteiger partial charge in [0.1, 0.15) is 13.2 Å². The third kappa shape index (κ3) is 66.6. The molecule has 81 heavy (non-hydrogen) atoms. The molecular weight excluding hydrogens is 1020 g/mol. The standard InChI is InChI=1S/C72H145N2O6P/c1-6-8-10-12-14-16-18-20-22-24-26-28-30-32-33-34-35-36-37-38-39-40-41-42-44-46-48-50-52-54-56-58-60-62-64-66-72(76)73-70(69-80-81(77,78)79-68-67-74(3,4)5)71(75)65-63-61-59-57-55-53-51-49-47-45-43-31-29-27-25-23-21-19-17-15-13-11-9-7-2/h24,26,70-71,75H,6-23,25,27-69H2,1-5H3,(H-,73,76,77,78)/b26-24-. The first-order valence-electron chi connectivity index (χ1n) is 36.5. The number of amides is 1. The average Bonchev–Trinajstić information content (AvgIpc) is 3.43. The van der Waals surface area contributed by atoms with Crippen molar-refractivity contribution in [1.82, 2.24) is 5.32 Å². The zero-order valence-electron chi connectivity index (χ0n) is 55.5. The van der Waals surface area contributed by atoms with Crippen molar-refractivity contribution < 1.29 is 32.9 Å². The molecule has 3 unspecified atom stereocenters. The summed E-state index contributed by atoms with van der Waals surface area (Å²) in [5, 5.41) is 14.1. The Morgan fingerprint density at radius 1 is 0.420 bits per heavy atom. The topological polar surface area (TPSA) is 108 Å². The van der Waals surface area contributed by atoms with E-state index in [1.54, 1.807) is 0 Å². The van der Waals surface area contributed by atoms with Gasteiger partial charge in [0.05, 0.1) is 39.9 Å². The zero-order chi connectivity index (χ0) is 59.1. The highest BCUT2D eigenvalue weighted by molar-refractivity contribution is 7.45. The highest BCUT2D eigenvalue weighted by Crippen LogP contribution is 2.38. The number of nitrogens with zero attached hydrogens (tertiary/aromatic N) is 1. The minimum Gasteiger partial charge on any atom is -0.756 e. The maximum absolute atomic E-state index is 13.1. The Bertz CT molecular complexity index is 1320. The molecule has 0 fully saturated rings. The van der Waals surface area contributed by atoms with E-state index < -0.39 is 20.0 Å². The molecule has 1 amide bonds. The molecular formula is C72H145N2O6P. The molecule has 0 aliphatic rings. The summed E-state index contributed by atoms with van der Waals surface area (Å²) in [6, 6.07) is -0.798. The predicted molar refractivity (Wildman–Crippen MR) is 353 cm³/mol. The smallest absolute Gasteiger partial charge is 0.268 e. The van der Waals surface area contributed by atoms with E-state index in [-0.39, 0.29) is 19.1 Å². The monoisotopic (exact) mass is 1170 g/mol. The summed E-state index contributed by atoms with van der Waals surface area (Å²) in [6.45, 7) is 4.79. The molecule has 0 saturated heterocycles. The van der Waals surface area contributed by atoms with Gasteiger partial charge in [0.25, 0.3) is 7.82 Å². The van der Waals surface area contributed by atoms with Crippen molar-refractivity contribution in [1.29, 1.82) is 0 Å². The number of nitrogens with one attached hydrogen (secondary N) is 1. The van der Waals surface area contributed by atoms with Gasteiger partial charge in [0.15, 0.2) is 0 Å². The van der Waals surface area contributed by atoms with Crippen LogP contribution in [0.25, 0.3) is 0 Å². The van der Waals surface area contributed by atoms with Gasteiger partial charge < -0.3 is 28.8 Å². The second-order valence-corrected chi connectivity index (χ2v) is 28.1. The molecule has 0 heterocycles. The summed E-state index contributed by atoms with van der Waals surface area (Å²) in [7, 11) is 1.33. The first-order chi connectivity index (χ1) is 39.5. The van der Waals surface area contributed by atoms with Crippen molar-refractivity contribution in [2.75, 3.05) is 40.9 Å². The van der Waals surface area contributed by atoms with Crippen LogP contribution < -0.4 is 10.2 Å². The van der Waals surface area contributed by atoms with Crippen LogP contribution in [0, 0.1) is 0 Å². The van der Waals surface area contributed by atoms with Crippen LogP contribution >= 0.6 is 7.82 Å². The van der Waals surface area contributed by atoms with Crippen molar-refractivity contribution in [3.63, 3.8) is 0 Å². The van der Waals surface area contributed by atoms with Crippen molar-refractivity contribution in [2.24, 2.45) is 0 Å². The lowest BCUT2D eigenvalue weighted by Gasteiger charge is -2.30. The summed E-state index contributed by atoms with van der Waals surface area (Å²) in [5.74, 6) is -0.154. The molecule has 0 radical (unpaired) electrons. The molecule has 8 nitrogen and oxygen atoms in total. The third-order valence-corrected chi connectivity index (χ3v) is 18.2. The van der Waals surface area contributed by atoms with E-state index in [1.165, 1.54) is 327 Å². The minimum absolute atomic E-state index is 0.0162. The Labute approximate surface area is 507 Å². The predicted octanol–water partition coefficient (Wildman–Crippen LogP) is 22.7. The molecule has 3 atom stereocenters. The molecule has 2 N–H and O–H groups in total. The molecule has 0 saturated carbocycles. The first kappa shape index (κ1) is 80.2. The number of carbonyl (C=O) groups excluding carboxylic acids is 1. The number of rotatable bonds is 69. The van der Waals surface area contributed by atoms with Crippen molar-refractivity contribution >= 4 is 13.7 Å². The number of aliphatic hydroxyl groups is 1. The molecule has 0 spiro atoms. The highest BCUT2D eigenvalue weighted by atomic mass is 31.2. The molecule has 9 heteroatoms. The molecule has 0 aliphatic carbocycles. The molecule has 484 valence electrons. The van der Waals surface area contributed by atoms with E-state index >= 15 is 0 Å². The van der Waals surface area contributed by atoms with E-state index in [9.17, 15) is 19.4 Å². The zero-order valence-corrected chi connectivity index (χ0v) is 56.4. The van der Waals surface area contributed by atoms with Crippen LogP contribution in [-0.4, -0.2) is 68.5 Å². The van der Waals surface area contributed by atoms with Crippen molar-refractivity contribution in [3.05, 3.63) is 12.2 Å². The largest absolute Gasteiger partial charge is 0.756 e. The fraction of sp³-hybridized carbons (Fsp3) is 0.958. The average molecular weight is 1170 g/mol. The maximum Gasteiger partial charge on any atom is 0.268 e. The lowest BCUT2D eigenvalue weighted by atomic mass is 10.0. The number of allylic oxidation sites excluding steroid dienone is 2. The Kier molecular flexibility index (Phi) is 63.1. The van der Waals surface area contributed by atoms with Crippen LogP contribution in [0.3, 0.4) is 0 Å². The van der Waals surface area contributed by atoms with Gasteiger partial charge >= 0.3 is 0 Å². The number of quaternary nitrogens is 1. The molecule has 0 aliphatic heterocycles. The van der Waals surface area contributed by atoms with Gasteiger partial charge in [-0.15, -0.1) is 0 Å². The quantitative estimate of drug-likeness (QED) is 0.0272. The van der Waals surface area contributed by atoms with Crippen molar-refractivity contribution in [3.8, 4) is 0 Å². The Morgan fingerprint density at radius 3 is 0.963 bits per heavy atom. The molecule has 0 rings (SSSR count). The van der Waals surface area contributed by atoms with Crippen LogP contribution in [0.15, 0.2) is 12.2 Å². The molecule has 0 aromatic carbocycles. The molecule has 0 bridgehead atoms. The Balaban J connectivity index is 3.93. The van der Waals surface area contributed by atoms with Gasteiger partial charge in [0.2, 0.25) is 5.91 Å². The van der Waals surface area contributed by atoms with Crippen LogP contribution in [0.1, 0.15) is 393 Å². The molecule has 0 aromatic rings. The van der Waals surface area contributed by atoms with Crippen LogP contribution in [-0.2, 0) is 18.4 Å². The number of hydrogen-bond acceptors (Lipinski definition) is 6. The first-order valence-corrected chi connectivity index (χ1v) is 38.0. The van der Waals surface area contributed by atoms with Crippen LogP contribution in [0.5, 0.6) is 0 Å². The van der Waals surface area contributed by atoms with Gasteiger partial charge in [-0.25, -0.2) is 0 Å². The number of likely N-dealkylation sites (N-methyl/N-ethyl adjacent to an activating group) is 1. The number of carbonyl (C=O) groups is 1. The lowest BCUT2D eigenvalue weighted by Crippen LogP contribution is -2.46. The van der Waals surface area contributed by atoms with Gasteiger partial charge in [-0.3, -0.25) is 9.36 Å². The Hall–Kier alpha value is -0.760. The summed E-state index contributed by atoms with van der Waals surface area (Å²) in [4.78, 5) is 25.7. The van der Waals surface area contributed by atoms with Gasteiger partial charge in [0, 0.05) is 6.42 Å². The second-order valence-electron chi connectivity index (χ2n) is 26.7. The number of unbranched alkanes of at least 4 members (excludes halogenated alkanes) is 54. The number of hydrogen-bond donors (Lipinski definition) is 2. The van der Waals surface area contributed by atoms with E-state index in [2.05, 4.69) is 31.3 Å². The second kappa shape index (κ2) is 63.7. The normalized spacial score (nSPS) is 13.6. The summed E-state index contributed by atoms with van der Waals surface area (Å²) in [6.07, 6.45) is 81.6. The Morgan fingerprint density at radius 2 is 0.679 bits per heavy atom. The number of aliphatic hydroxyl groups excluding tert-OH is 1. The van der Waals surface area contributed by atoms with E-state index in [4.69, 9.17) is 9.05 Å². The fourth-order valence-electron chi connectivity index (χ4n) is 11.6. The number of phosphoric acid groups is 1. The fourth-order valence-corrected chi connectivity index (χ4v) is 12.3. The molecule has 0 aromatic heterocycles. The lowest BCUT2D eigenvalue weighted by molar-refractivity contribution is -0.870. The minimum atomic E-state index is -4.58. The van der Waals surface area contributed by atoms with Gasteiger partial charge in [-0.2, -0.15) is 0 Å². The van der Waals surface area contributed by atoms with Gasteiger partial charge in [-0.1, -0.05) is 360 Å². The van der Waals surface area contributed by atoms with Crippen LogP contribution in [0.2, 0.25) is 0 Å². The summed E-state index contributed by atoms with van der Waals surface area (Å²) >= 11 is 0. The summed E-state index contributed by atoms with van der Waals surface area (Å²) in [5.41, 5.74) is 0. The van der Waals surface area contributed by atoms with Crippen molar-refractivity contribution in [2.45, 2.75) is 405 Å². The van der Waals surface area contributed by atoms with Crippen LogP contribution in [0.4, 0.5) is 0 Å². The van der Waals surface area contributed by atoms with E-state index in [0.29, 0.717) is 23.9 Å². The highest BCUT2D eigenvalue weighted by Gasteiger charge is 2.24. The van der Waals surface area contributed by atoms with E-state index in [0.717, 1.165) is 38.5 Å². The number of phosphoric ester groups is 1. The SMILES string of the molecule is CCCCCCCCCC/C=C\CCCCCCCCCCCCCCCCCCCCCCCCCC(=O)NC(COP(=O)([O-])OCC[N+](C)(C)C)C(O)CCCCCCCCCCCCCCCCCCCCCCCCCC. The maximum atomic E-state index is 13.1. The third-order valence-electron chi connectivity index (χ3n) is 17.3. The van der Waals surface area contributed by atoms with E-state index in [1.807, 2.05) is 21.1 Å².